The Morgan fingerprint density at radius 2 is 2.42 bits per heavy atom. The summed E-state index contributed by atoms with van der Waals surface area (Å²) in [4.78, 5) is 15.5. The average Bonchev–Trinajstić information content (AvgIpc) is 2.12. The van der Waals surface area contributed by atoms with E-state index in [1.807, 2.05) is 0 Å². The summed E-state index contributed by atoms with van der Waals surface area (Å²) in [6, 6.07) is 8.03. The van der Waals surface area contributed by atoms with Crippen molar-refractivity contribution in [3.8, 4) is 0 Å². The topological polar surface area (TPSA) is 34.9 Å². The van der Waals surface area contributed by atoms with Crippen LogP contribution >= 0.6 is 0 Å². The molecule has 0 unspecified atom stereocenters. The molecule has 0 bridgehead atoms. The molecule has 3 nitrogen and oxygen atoms in total. The van der Waals surface area contributed by atoms with Crippen molar-refractivity contribution in [1.82, 2.24) is 9.55 Å². The summed E-state index contributed by atoms with van der Waals surface area (Å²) in [5.41, 5.74) is 0.689. The van der Waals surface area contributed by atoms with Crippen molar-refractivity contribution in [2.45, 2.75) is 0 Å². The molecule has 1 radical (unpaired) electrons. The molecule has 1 heterocycles. The zero-order valence-electron chi connectivity index (χ0n) is 6.61. The third-order valence-corrected chi connectivity index (χ3v) is 1.76. The molecule has 0 aliphatic rings. The first-order valence-electron chi connectivity index (χ1n) is 3.60. The first kappa shape index (κ1) is 7.03. The number of fused-ring (bicyclic) bond motifs is 1. The van der Waals surface area contributed by atoms with Crippen LogP contribution in [0.1, 0.15) is 0 Å². The second kappa shape index (κ2) is 2.44. The highest BCUT2D eigenvalue weighted by Gasteiger charge is 1.98. The monoisotopic (exact) mass is 159 g/mol. The third-order valence-electron chi connectivity index (χ3n) is 1.76. The largest absolute Gasteiger partial charge is 0.302 e. The molecule has 0 aliphatic heterocycles. The Bertz CT molecular complexity index is 473. The molecular formula is C9H7N2O. The lowest BCUT2D eigenvalue weighted by atomic mass is 10.2. The number of aromatic nitrogens is 2. The lowest BCUT2D eigenvalue weighted by Crippen LogP contribution is -2.16. The molecule has 3 heteroatoms. The van der Waals surface area contributed by atoms with E-state index in [2.05, 4.69) is 11.1 Å². The van der Waals surface area contributed by atoms with Gasteiger partial charge in [0.05, 0.1) is 17.2 Å². The molecule has 1 aromatic carbocycles. The summed E-state index contributed by atoms with van der Waals surface area (Å²) in [5.74, 6) is 0. The minimum atomic E-state index is -0.0307. The number of rotatable bonds is 0. The highest BCUT2D eigenvalue weighted by molar-refractivity contribution is 5.76. The fourth-order valence-electron chi connectivity index (χ4n) is 1.10. The van der Waals surface area contributed by atoms with Gasteiger partial charge in [-0.15, -0.1) is 0 Å². The fourth-order valence-corrected chi connectivity index (χ4v) is 1.10. The fraction of sp³-hybridized carbons (Fsp3) is 0.111. The van der Waals surface area contributed by atoms with Crippen LogP contribution in [0.4, 0.5) is 0 Å². The summed E-state index contributed by atoms with van der Waals surface area (Å²) in [6.45, 7) is 0. The SMILES string of the molecule is Cn1cnc2cc[c]cc2c1=O. The highest BCUT2D eigenvalue weighted by atomic mass is 16.1. The third kappa shape index (κ3) is 0.906. The summed E-state index contributed by atoms with van der Waals surface area (Å²) in [5, 5.41) is 0.613. The van der Waals surface area contributed by atoms with Crippen molar-refractivity contribution >= 4 is 10.9 Å². The number of hydrogen-bond acceptors (Lipinski definition) is 2. The van der Waals surface area contributed by atoms with Crippen LogP contribution in [-0.2, 0) is 7.05 Å². The number of benzene rings is 1. The Morgan fingerprint density at radius 3 is 3.25 bits per heavy atom. The van der Waals surface area contributed by atoms with Gasteiger partial charge in [0, 0.05) is 7.05 Å². The van der Waals surface area contributed by atoms with E-state index in [4.69, 9.17) is 0 Å². The molecule has 0 saturated carbocycles. The number of aryl methyl sites for hydroxylation is 1. The number of nitrogens with zero attached hydrogens (tertiary/aromatic N) is 2. The van der Waals surface area contributed by atoms with Gasteiger partial charge in [-0.25, -0.2) is 4.98 Å². The van der Waals surface area contributed by atoms with Crippen LogP contribution in [0.15, 0.2) is 29.3 Å². The smallest absolute Gasteiger partial charge is 0.260 e. The molecule has 0 spiro atoms. The Labute approximate surface area is 69.3 Å². The molecule has 2 rings (SSSR count). The summed E-state index contributed by atoms with van der Waals surface area (Å²) in [6.07, 6.45) is 1.52. The molecule has 0 N–H and O–H groups in total. The Balaban J connectivity index is 3.01. The van der Waals surface area contributed by atoms with Gasteiger partial charge in [-0.05, 0) is 18.2 Å². The maximum Gasteiger partial charge on any atom is 0.260 e. The first-order chi connectivity index (χ1) is 5.79. The van der Waals surface area contributed by atoms with Crippen molar-refractivity contribution in [1.29, 1.82) is 0 Å². The molecule has 1 aromatic heterocycles. The zero-order valence-corrected chi connectivity index (χ0v) is 6.61. The van der Waals surface area contributed by atoms with Crippen LogP contribution in [-0.4, -0.2) is 9.55 Å². The minimum Gasteiger partial charge on any atom is -0.302 e. The molecule has 0 saturated heterocycles. The quantitative estimate of drug-likeness (QED) is 0.568. The van der Waals surface area contributed by atoms with E-state index in [0.29, 0.717) is 5.39 Å². The van der Waals surface area contributed by atoms with E-state index >= 15 is 0 Å². The predicted molar refractivity (Wildman–Crippen MR) is 45.8 cm³/mol. The second-order valence-electron chi connectivity index (χ2n) is 2.60. The highest BCUT2D eigenvalue weighted by Crippen LogP contribution is 2.02. The van der Waals surface area contributed by atoms with Gasteiger partial charge in [0.1, 0.15) is 0 Å². The van der Waals surface area contributed by atoms with E-state index in [9.17, 15) is 4.79 Å². The molecule has 12 heavy (non-hydrogen) atoms. The van der Waals surface area contributed by atoms with Crippen molar-refractivity contribution in [2.24, 2.45) is 7.05 Å². The zero-order chi connectivity index (χ0) is 8.55. The van der Waals surface area contributed by atoms with Gasteiger partial charge in [-0.2, -0.15) is 0 Å². The van der Waals surface area contributed by atoms with Crippen LogP contribution in [0.2, 0.25) is 0 Å². The van der Waals surface area contributed by atoms with Crippen LogP contribution in [0.25, 0.3) is 10.9 Å². The van der Waals surface area contributed by atoms with E-state index in [1.165, 1.54) is 10.9 Å². The van der Waals surface area contributed by atoms with E-state index < -0.39 is 0 Å². The normalized spacial score (nSPS) is 10.4. The van der Waals surface area contributed by atoms with E-state index in [1.54, 1.807) is 25.2 Å². The standard InChI is InChI=1S/C9H7N2O/c1-11-6-10-8-5-3-2-4-7(8)9(11)12/h3-6H,1H3. The number of hydrogen-bond donors (Lipinski definition) is 0. The molecular weight excluding hydrogens is 152 g/mol. The van der Waals surface area contributed by atoms with Crippen molar-refractivity contribution in [2.75, 3.05) is 0 Å². The van der Waals surface area contributed by atoms with Gasteiger partial charge in [0.2, 0.25) is 0 Å². The second-order valence-corrected chi connectivity index (χ2v) is 2.60. The molecule has 59 valence electrons. The summed E-state index contributed by atoms with van der Waals surface area (Å²) >= 11 is 0. The summed E-state index contributed by atoms with van der Waals surface area (Å²) in [7, 11) is 1.68. The molecule has 0 fully saturated rings. The van der Waals surface area contributed by atoms with Gasteiger partial charge < -0.3 is 4.57 Å². The maximum absolute atomic E-state index is 11.4. The lowest BCUT2D eigenvalue weighted by Gasteiger charge is -1.97. The Kier molecular flexibility index (Phi) is 1.43. The minimum absolute atomic E-state index is 0.0307. The Hall–Kier alpha value is -1.64. The van der Waals surface area contributed by atoms with Crippen molar-refractivity contribution in [3.05, 3.63) is 40.9 Å². The first-order valence-corrected chi connectivity index (χ1v) is 3.60. The van der Waals surface area contributed by atoms with Gasteiger partial charge in [0.25, 0.3) is 5.56 Å². The van der Waals surface area contributed by atoms with E-state index in [0.717, 1.165) is 5.52 Å². The van der Waals surface area contributed by atoms with Crippen LogP contribution < -0.4 is 5.56 Å². The Morgan fingerprint density at radius 1 is 1.58 bits per heavy atom. The van der Waals surface area contributed by atoms with Crippen molar-refractivity contribution < 1.29 is 0 Å². The maximum atomic E-state index is 11.4. The van der Waals surface area contributed by atoms with Gasteiger partial charge in [-0.1, -0.05) is 6.07 Å². The van der Waals surface area contributed by atoms with Gasteiger partial charge >= 0.3 is 0 Å². The van der Waals surface area contributed by atoms with Gasteiger partial charge in [-0.3, -0.25) is 4.79 Å². The summed E-state index contributed by atoms with van der Waals surface area (Å²) < 4.78 is 1.45. The van der Waals surface area contributed by atoms with Crippen molar-refractivity contribution in [3.63, 3.8) is 0 Å². The van der Waals surface area contributed by atoms with E-state index in [-0.39, 0.29) is 5.56 Å². The predicted octanol–water partition coefficient (Wildman–Crippen LogP) is 0.734. The van der Waals surface area contributed by atoms with Crippen LogP contribution in [0.3, 0.4) is 0 Å². The molecule has 0 aliphatic carbocycles. The molecule has 0 amide bonds. The molecule has 0 atom stereocenters. The average molecular weight is 159 g/mol. The lowest BCUT2D eigenvalue weighted by molar-refractivity contribution is 0.843. The van der Waals surface area contributed by atoms with Crippen LogP contribution in [0.5, 0.6) is 0 Å². The molecule has 2 aromatic rings. The van der Waals surface area contributed by atoms with Gasteiger partial charge in [0.15, 0.2) is 0 Å². The van der Waals surface area contributed by atoms with Crippen LogP contribution in [0, 0.1) is 6.07 Å².